The number of benzene rings is 1. The van der Waals surface area contributed by atoms with E-state index in [4.69, 9.17) is 0 Å². The molecule has 3 rings (SSSR count). The number of hydrogen-bond donors (Lipinski definition) is 0. The zero-order valence-electron chi connectivity index (χ0n) is 15.6. The first kappa shape index (κ1) is 18.4. The van der Waals surface area contributed by atoms with E-state index in [-0.39, 0.29) is 24.1 Å². The van der Waals surface area contributed by atoms with Gasteiger partial charge in [-0.3, -0.25) is 14.2 Å². The first-order valence-corrected chi connectivity index (χ1v) is 9.59. The third-order valence-corrected chi connectivity index (χ3v) is 5.17. The van der Waals surface area contributed by atoms with Crippen LogP contribution in [-0.4, -0.2) is 32.9 Å². The normalized spacial score (nSPS) is 17.3. The number of amides is 1. The summed E-state index contributed by atoms with van der Waals surface area (Å²) < 4.78 is 1.53. The SMILES string of the molecule is CCc1cc(=O)n(CC(=O)N2CCCC[C@H]2CC)c(-c2ccccc2)n1. The molecule has 1 amide bonds. The summed E-state index contributed by atoms with van der Waals surface area (Å²) >= 11 is 0. The average molecular weight is 353 g/mol. The standard InChI is InChI=1S/C21H27N3O2/c1-3-17-14-19(25)24(21(22-17)16-10-6-5-7-11-16)15-20(26)23-13-9-8-12-18(23)4-2/h5-7,10-11,14,18H,3-4,8-9,12-13,15H2,1-2H3/t18-/m1/s1. The molecule has 0 bridgehead atoms. The van der Waals surface area contributed by atoms with Crippen molar-refractivity contribution in [3.63, 3.8) is 0 Å². The summed E-state index contributed by atoms with van der Waals surface area (Å²) in [6, 6.07) is 11.5. The van der Waals surface area contributed by atoms with E-state index < -0.39 is 0 Å². The molecule has 138 valence electrons. The van der Waals surface area contributed by atoms with Crippen LogP contribution in [-0.2, 0) is 17.8 Å². The zero-order chi connectivity index (χ0) is 18.5. The Morgan fingerprint density at radius 1 is 1.19 bits per heavy atom. The van der Waals surface area contributed by atoms with Gasteiger partial charge in [-0.1, -0.05) is 44.2 Å². The molecule has 2 heterocycles. The molecule has 1 aromatic heterocycles. The van der Waals surface area contributed by atoms with Crippen LogP contribution in [0, 0.1) is 0 Å². The number of nitrogens with zero attached hydrogens (tertiary/aromatic N) is 3. The number of aryl methyl sites for hydroxylation is 1. The van der Waals surface area contributed by atoms with E-state index >= 15 is 0 Å². The van der Waals surface area contributed by atoms with Crippen LogP contribution in [0.25, 0.3) is 11.4 Å². The summed E-state index contributed by atoms with van der Waals surface area (Å²) in [5.41, 5.74) is 1.45. The highest BCUT2D eigenvalue weighted by molar-refractivity contribution is 5.77. The van der Waals surface area contributed by atoms with Gasteiger partial charge in [0.25, 0.3) is 5.56 Å². The molecular formula is C21H27N3O2. The molecule has 0 saturated carbocycles. The second kappa shape index (κ2) is 8.30. The van der Waals surface area contributed by atoms with Crippen LogP contribution in [0.2, 0.25) is 0 Å². The number of hydrogen-bond acceptors (Lipinski definition) is 3. The average Bonchev–Trinajstić information content (AvgIpc) is 2.69. The fourth-order valence-corrected chi connectivity index (χ4v) is 3.67. The molecule has 0 N–H and O–H groups in total. The minimum atomic E-state index is -0.158. The van der Waals surface area contributed by atoms with Gasteiger partial charge in [-0.25, -0.2) is 4.98 Å². The van der Waals surface area contributed by atoms with E-state index in [1.807, 2.05) is 42.2 Å². The van der Waals surface area contributed by atoms with E-state index in [0.717, 1.165) is 37.1 Å². The minimum Gasteiger partial charge on any atom is -0.338 e. The molecule has 5 nitrogen and oxygen atoms in total. The van der Waals surface area contributed by atoms with Crippen molar-refractivity contribution in [3.8, 4) is 11.4 Å². The van der Waals surface area contributed by atoms with Crippen molar-refractivity contribution in [1.82, 2.24) is 14.5 Å². The van der Waals surface area contributed by atoms with Gasteiger partial charge in [0.15, 0.2) is 0 Å². The first-order chi connectivity index (χ1) is 12.6. The Labute approximate surface area is 154 Å². The molecule has 1 aliphatic rings. The molecule has 1 aromatic carbocycles. The summed E-state index contributed by atoms with van der Waals surface area (Å²) in [5, 5.41) is 0. The molecule has 1 aliphatic heterocycles. The van der Waals surface area contributed by atoms with Gasteiger partial charge in [0.2, 0.25) is 5.91 Å². The molecule has 1 atom stereocenters. The van der Waals surface area contributed by atoms with Gasteiger partial charge in [-0.15, -0.1) is 0 Å². The van der Waals surface area contributed by atoms with E-state index in [2.05, 4.69) is 11.9 Å². The summed E-state index contributed by atoms with van der Waals surface area (Å²) in [4.78, 5) is 32.3. The number of carbonyl (C=O) groups is 1. The Kier molecular flexibility index (Phi) is 5.86. The van der Waals surface area contributed by atoms with Crippen molar-refractivity contribution in [2.45, 2.75) is 58.5 Å². The van der Waals surface area contributed by atoms with Crippen molar-refractivity contribution in [2.75, 3.05) is 6.54 Å². The van der Waals surface area contributed by atoms with Crippen LogP contribution in [0.3, 0.4) is 0 Å². The summed E-state index contributed by atoms with van der Waals surface area (Å²) in [7, 11) is 0. The monoisotopic (exact) mass is 353 g/mol. The third kappa shape index (κ3) is 3.87. The molecule has 0 unspecified atom stereocenters. The predicted molar refractivity (Wildman–Crippen MR) is 103 cm³/mol. The van der Waals surface area contributed by atoms with Gasteiger partial charge in [0.1, 0.15) is 12.4 Å². The Hall–Kier alpha value is -2.43. The number of rotatable bonds is 5. The highest BCUT2D eigenvalue weighted by atomic mass is 16.2. The van der Waals surface area contributed by atoms with Crippen LogP contribution in [0.15, 0.2) is 41.2 Å². The van der Waals surface area contributed by atoms with E-state index in [9.17, 15) is 9.59 Å². The molecule has 0 radical (unpaired) electrons. The molecule has 1 saturated heterocycles. The lowest BCUT2D eigenvalue weighted by Crippen LogP contribution is -2.46. The number of likely N-dealkylation sites (tertiary alicyclic amines) is 1. The number of piperidine rings is 1. The van der Waals surface area contributed by atoms with Crippen molar-refractivity contribution < 1.29 is 4.79 Å². The minimum absolute atomic E-state index is 0.0156. The summed E-state index contributed by atoms with van der Waals surface area (Å²) in [5.74, 6) is 0.593. The van der Waals surface area contributed by atoms with Crippen LogP contribution in [0.1, 0.15) is 45.2 Å². The van der Waals surface area contributed by atoms with E-state index in [1.54, 1.807) is 6.07 Å². The molecule has 2 aromatic rings. The van der Waals surface area contributed by atoms with Crippen molar-refractivity contribution in [2.24, 2.45) is 0 Å². The molecular weight excluding hydrogens is 326 g/mol. The second-order valence-corrected chi connectivity index (χ2v) is 6.86. The van der Waals surface area contributed by atoms with Crippen molar-refractivity contribution >= 4 is 5.91 Å². The van der Waals surface area contributed by atoms with E-state index in [1.165, 1.54) is 11.0 Å². The summed E-state index contributed by atoms with van der Waals surface area (Å²) in [6.07, 6.45) is 4.91. The number of aromatic nitrogens is 2. The van der Waals surface area contributed by atoms with Crippen LogP contribution >= 0.6 is 0 Å². The lowest BCUT2D eigenvalue weighted by atomic mass is 10.00. The zero-order valence-corrected chi connectivity index (χ0v) is 15.6. The van der Waals surface area contributed by atoms with Gasteiger partial charge in [-0.2, -0.15) is 0 Å². The first-order valence-electron chi connectivity index (χ1n) is 9.59. The Balaban J connectivity index is 1.96. The van der Waals surface area contributed by atoms with Crippen molar-refractivity contribution in [3.05, 3.63) is 52.4 Å². The predicted octanol–water partition coefficient (Wildman–Crippen LogP) is 3.26. The molecule has 5 heteroatoms. The topological polar surface area (TPSA) is 55.2 Å². The lowest BCUT2D eigenvalue weighted by molar-refractivity contribution is -0.135. The van der Waals surface area contributed by atoms with Crippen molar-refractivity contribution in [1.29, 1.82) is 0 Å². The highest BCUT2D eigenvalue weighted by Gasteiger charge is 2.26. The Morgan fingerprint density at radius 3 is 2.65 bits per heavy atom. The number of carbonyl (C=O) groups excluding carboxylic acids is 1. The maximum absolute atomic E-state index is 13.0. The van der Waals surface area contributed by atoms with E-state index in [0.29, 0.717) is 12.2 Å². The summed E-state index contributed by atoms with van der Waals surface area (Å²) in [6.45, 7) is 4.94. The van der Waals surface area contributed by atoms with Gasteiger partial charge in [0, 0.05) is 29.9 Å². The van der Waals surface area contributed by atoms with Gasteiger partial charge in [-0.05, 0) is 32.1 Å². The van der Waals surface area contributed by atoms with Gasteiger partial charge < -0.3 is 4.90 Å². The maximum atomic E-state index is 13.0. The lowest BCUT2D eigenvalue weighted by Gasteiger charge is -2.35. The Morgan fingerprint density at radius 2 is 1.96 bits per heavy atom. The fourth-order valence-electron chi connectivity index (χ4n) is 3.67. The second-order valence-electron chi connectivity index (χ2n) is 6.86. The Bertz CT molecular complexity index is 814. The maximum Gasteiger partial charge on any atom is 0.254 e. The van der Waals surface area contributed by atoms with Crippen LogP contribution < -0.4 is 5.56 Å². The van der Waals surface area contributed by atoms with Crippen LogP contribution in [0.5, 0.6) is 0 Å². The van der Waals surface area contributed by atoms with Gasteiger partial charge >= 0.3 is 0 Å². The molecule has 1 fully saturated rings. The molecule has 0 aliphatic carbocycles. The fraction of sp³-hybridized carbons (Fsp3) is 0.476. The smallest absolute Gasteiger partial charge is 0.254 e. The molecule has 0 spiro atoms. The van der Waals surface area contributed by atoms with Crippen LogP contribution in [0.4, 0.5) is 0 Å². The van der Waals surface area contributed by atoms with Gasteiger partial charge in [0.05, 0.1) is 0 Å². The molecule has 26 heavy (non-hydrogen) atoms. The largest absolute Gasteiger partial charge is 0.338 e. The third-order valence-electron chi connectivity index (χ3n) is 5.17. The highest BCUT2D eigenvalue weighted by Crippen LogP contribution is 2.21. The quantitative estimate of drug-likeness (QED) is 0.829.